The van der Waals surface area contributed by atoms with Gasteiger partial charge in [0.25, 0.3) is 5.91 Å². The first-order valence-electron chi connectivity index (χ1n) is 12.1. The van der Waals surface area contributed by atoms with Crippen LogP contribution in [0.4, 0.5) is 0 Å². The maximum absolute atomic E-state index is 12.8. The molecular formula is C29H34N2O2. The Balaban J connectivity index is 1.63. The van der Waals surface area contributed by atoms with Gasteiger partial charge in [0.15, 0.2) is 0 Å². The van der Waals surface area contributed by atoms with E-state index in [0.29, 0.717) is 5.92 Å². The van der Waals surface area contributed by atoms with E-state index in [2.05, 4.69) is 35.6 Å². The molecule has 0 bridgehead atoms. The summed E-state index contributed by atoms with van der Waals surface area (Å²) in [5.41, 5.74) is 3.28. The van der Waals surface area contributed by atoms with E-state index < -0.39 is 0 Å². The summed E-state index contributed by atoms with van der Waals surface area (Å²) >= 11 is 0. The van der Waals surface area contributed by atoms with Crippen LogP contribution in [0.15, 0.2) is 78.9 Å². The van der Waals surface area contributed by atoms with Crippen molar-refractivity contribution in [1.29, 1.82) is 0 Å². The molecule has 0 spiro atoms. The predicted molar refractivity (Wildman–Crippen MR) is 134 cm³/mol. The molecule has 4 nitrogen and oxygen atoms in total. The number of carbonyl (C=O) groups excluding carboxylic acids is 1. The van der Waals surface area contributed by atoms with E-state index in [4.69, 9.17) is 4.74 Å². The van der Waals surface area contributed by atoms with Gasteiger partial charge >= 0.3 is 0 Å². The van der Waals surface area contributed by atoms with E-state index in [1.165, 1.54) is 11.1 Å². The molecular weight excluding hydrogens is 408 g/mol. The van der Waals surface area contributed by atoms with E-state index >= 15 is 0 Å². The SMILES string of the molecule is CCN(CC)C(=O)c1ccc(C(c2cccc(Oc3ccccc3)c2)C2CCNCC2)cc1. The van der Waals surface area contributed by atoms with E-state index in [-0.39, 0.29) is 11.8 Å². The fraction of sp³-hybridized carbons (Fsp3) is 0.345. The Morgan fingerprint density at radius 2 is 1.55 bits per heavy atom. The standard InChI is InChI=1S/C29H34N2O2/c1-3-31(4-2)29(32)24-15-13-22(14-16-24)28(23-17-19-30-20-18-23)25-9-8-12-27(21-25)33-26-10-6-5-7-11-26/h5-16,21,23,28,30H,3-4,17-20H2,1-2H3. The second-order valence-electron chi connectivity index (χ2n) is 8.65. The minimum Gasteiger partial charge on any atom is -0.457 e. The molecule has 1 N–H and O–H groups in total. The highest BCUT2D eigenvalue weighted by Crippen LogP contribution is 2.38. The van der Waals surface area contributed by atoms with Crippen molar-refractivity contribution in [3.8, 4) is 11.5 Å². The van der Waals surface area contributed by atoms with Gasteiger partial charge in [-0.2, -0.15) is 0 Å². The largest absolute Gasteiger partial charge is 0.457 e. The molecule has 0 saturated carbocycles. The number of nitrogens with zero attached hydrogens (tertiary/aromatic N) is 1. The van der Waals surface area contributed by atoms with Crippen LogP contribution in [0.25, 0.3) is 0 Å². The number of hydrogen-bond acceptors (Lipinski definition) is 3. The molecule has 172 valence electrons. The van der Waals surface area contributed by atoms with Crippen LogP contribution in [0, 0.1) is 5.92 Å². The van der Waals surface area contributed by atoms with Gasteiger partial charge in [-0.1, -0.05) is 42.5 Å². The lowest BCUT2D eigenvalue weighted by Gasteiger charge is -2.32. The van der Waals surface area contributed by atoms with Gasteiger partial charge in [-0.05, 0) is 93.2 Å². The molecule has 3 aromatic carbocycles. The average molecular weight is 443 g/mol. The first-order chi connectivity index (χ1) is 16.2. The number of hydrogen-bond donors (Lipinski definition) is 1. The van der Waals surface area contributed by atoms with Gasteiger partial charge in [0.05, 0.1) is 0 Å². The van der Waals surface area contributed by atoms with Crippen molar-refractivity contribution in [1.82, 2.24) is 10.2 Å². The number of benzene rings is 3. The summed E-state index contributed by atoms with van der Waals surface area (Å²) < 4.78 is 6.13. The molecule has 1 amide bonds. The highest BCUT2D eigenvalue weighted by molar-refractivity contribution is 5.94. The van der Waals surface area contributed by atoms with Gasteiger partial charge in [0, 0.05) is 24.6 Å². The van der Waals surface area contributed by atoms with Crippen molar-refractivity contribution in [2.45, 2.75) is 32.6 Å². The fourth-order valence-electron chi connectivity index (χ4n) is 4.84. The minimum atomic E-state index is 0.100. The third-order valence-corrected chi connectivity index (χ3v) is 6.62. The molecule has 1 heterocycles. The summed E-state index contributed by atoms with van der Waals surface area (Å²) in [5.74, 6) is 2.60. The highest BCUT2D eigenvalue weighted by atomic mass is 16.5. The van der Waals surface area contributed by atoms with Crippen LogP contribution in [0.1, 0.15) is 54.1 Å². The molecule has 0 radical (unpaired) electrons. The van der Waals surface area contributed by atoms with Crippen LogP contribution >= 0.6 is 0 Å². The molecule has 4 heteroatoms. The van der Waals surface area contributed by atoms with Crippen LogP contribution in [0.5, 0.6) is 11.5 Å². The second-order valence-corrected chi connectivity index (χ2v) is 8.65. The molecule has 1 fully saturated rings. The van der Waals surface area contributed by atoms with Gasteiger partial charge in [0.1, 0.15) is 11.5 Å². The van der Waals surface area contributed by atoms with Crippen LogP contribution in [0.3, 0.4) is 0 Å². The number of rotatable bonds is 8. The Hall–Kier alpha value is -3.11. The monoisotopic (exact) mass is 442 g/mol. The molecule has 4 rings (SSSR count). The topological polar surface area (TPSA) is 41.6 Å². The zero-order chi connectivity index (χ0) is 23.0. The van der Waals surface area contributed by atoms with Crippen LogP contribution < -0.4 is 10.1 Å². The zero-order valence-electron chi connectivity index (χ0n) is 19.7. The molecule has 0 aromatic heterocycles. The molecule has 1 saturated heterocycles. The molecule has 1 aliphatic rings. The first-order valence-corrected chi connectivity index (χ1v) is 12.1. The van der Waals surface area contributed by atoms with Crippen molar-refractivity contribution < 1.29 is 9.53 Å². The van der Waals surface area contributed by atoms with Crippen molar-refractivity contribution in [3.05, 3.63) is 95.6 Å². The Morgan fingerprint density at radius 3 is 2.21 bits per heavy atom. The van der Waals surface area contributed by atoms with Crippen molar-refractivity contribution in [3.63, 3.8) is 0 Å². The Morgan fingerprint density at radius 1 is 0.879 bits per heavy atom. The normalized spacial score (nSPS) is 15.1. The molecule has 1 aliphatic heterocycles. The van der Waals surface area contributed by atoms with E-state index in [0.717, 1.165) is 56.1 Å². The third kappa shape index (κ3) is 5.63. The number of amides is 1. The van der Waals surface area contributed by atoms with Crippen LogP contribution in [0.2, 0.25) is 0 Å². The van der Waals surface area contributed by atoms with Gasteiger partial charge in [-0.25, -0.2) is 0 Å². The number of piperidine rings is 1. The maximum Gasteiger partial charge on any atom is 0.253 e. The van der Waals surface area contributed by atoms with E-state index in [1.54, 1.807) is 0 Å². The van der Waals surface area contributed by atoms with Gasteiger partial charge in [-0.3, -0.25) is 4.79 Å². The van der Waals surface area contributed by atoms with Crippen molar-refractivity contribution >= 4 is 5.91 Å². The Kier molecular flexibility index (Phi) is 7.79. The first kappa shape index (κ1) is 23.1. The lowest BCUT2D eigenvalue weighted by Crippen LogP contribution is -2.31. The zero-order valence-corrected chi connectivity index (χ0v) is 19.7. The van der Waals surface area contributed by atoms with Gasteiger partial charge in [-0.15, -0.1) is 0 Å². The average Bonchev–Trinajstić information content (AvgIpc) is 2.87. The molecule has 0 aliphatic carbocycles. The molecule has 3 aromatic rings. The Labute approximate surface area is 197 Å². The van der Waals surface area contributed by atoms with Gasteiger partial charge < -0.3 is 15.0 Å². The fourth-order valence-corrected chi connectivity index (χ4v) is 4.84. The number of para-hydroxylation sites is 1. The molecule has 33 heavy (non-hydrogen) atoms. The van der Waals surface area contributed by atoms with Gasteiger partial charge in [0.2, 0.25) is 0 Å². The summed E-state index contributed by atoms with van der Waals surface area (Å²) in [6, 6.07) is 26.7. The summed E-state index contributed by atoms with van der Waals surface area (Å²) in [6.45, 7) is 7.58. The number of ether oxygens (including phenoxy) is 1. The number of carbonyl (C=O) groups is 1. The van der Waals surface area contributed by atoms with E-state index in [1.807, 2.05) is 67.3 Å². The summed E-state index contributed by atoms with van der Waals surface area (Å²) in [7, 11) is 0. The van der Waals surface area contributed by atoms with Crippen molar-refractivity contribution in [2.24, 2.45) is 5.92 Å². The summed E-state index contributed by atoms with van der Waals surface area (Å²) in [4.78, 5) is 14.6. The quantitative estimate of drug-likeness (QED) is 0.459. The van der Waals surface area contributed by atoms with Crippen LogP contribution in [-0.2, 0) is 0 Å². The van der Waals surface area contributed by atoms with Crippen LogP contribution in [-0.4, -0.2) is 37.0 Å². The lowest BCUT2D eigenvalue weighted by molar-refractivity contribution is 0.0773. The third-order valence-electron chi connectivity index (χ3n) is 6.62. The molecule has 1 unspecified atom stereocenters. The smallest absolute Gasteiger partial charge is 0.253 e. The highest BCUT2D eigenvalue weighted by Gasteiger charge is 2.27. The summed E-state index contributed by atoms with van der Waals surface area (Å²) in [6.07, 6.45) is 2.27. The number of nitrogens with one attached hydrogen (secondary N) is 1. The minimum absolute atomic E-state index is 0.100. The second kappa shape index (κ2) is 11.2. The lowest BCUT2D eigenvalue weighted by atomic mass is 9.76. The van der Waals surface area contributed by atoms with Crippen molar-refractivity contribution in [2.75, 3.05) is 26.2 Å². The summed E-state index contributed by atoms with van der Waals surface area (Å²) in [5, 5.41) is 3.49. The predicted octanol–water partition coefficient (Wildman–Crippen LogP) is 6.09. The van der Waals surface area contributed by atoms with E-state index in [9.17, 15) is 4.79 Å². The molecule has 1 atom stereocenters. The maximum atomic E-state index is 12.8. The Bertz CT molecular complexity index is 1020.